The minimum Gasteiger partial charge on any atom is -0.340 e. The summed E-state index contributed by atoms with van der Waals surface area (Å²) in [4.78, 5) is 26.2. The van der Waals surface area contributed by atoms with Gasteiger partial charge in [-0.3, -0.25) is 9.59 Å². The van der Waals surface area contributed by atoms with E-state index < -0.39 is 5.54 Å². The third-order valence-electron chi connectivity index (χ3n) is 3.92. The van der Waals surface area contributed by atoms with Crippen LogP contribution in [0.1, 0.15) is 39.5 Å². The van der Waals surface area contributed by atoms with Gasteiger partial charge < -0.3 is 10.2 Å². The third kappa shape index (κ3) is 2.51. The van der Waals surface area contributed by atoms with E-state index >= 15 is 0 Å². The number of nitrogens with zero attached hydrogens (tertiary/aromatic N) is 1. The summed E-state index contributed by atoms with van der Waals surface area (Å²) in [5.41, 5.74) is -0.569. The predicted octanol–water partition coefficient (Wildman–Crippen LogP) is 1.40. The van der Waals surface area contributed by atoms with Gasteiger partial charge in [0.05, 0.1) is 6.54 Å². The van der Waals surface area contributed by atoms with Gasteiger partial charge in [-0.05, 0) is 25.5 Å². The smallest absolute Gasteiger partial charge is 0.249 e. The van der Waals surface area contributed by atoms with Crippen molar-refractivity contribution in [3.05, 3.63) is 0 Å². The lowest BCUT2D eigenvalue weighted by Crippen LogP contribution is -2.67. The fourth-order valence-corrected chi connectivity index (χ4v) is 3.67. The highest BCUT2D eigenvalue weighted by Gasteiger charge is 2.49. The molecule has 1 heterocycles. The number of carbonyl (C=O) groups is 2. The van der Waals surface area contributed by atoms with Crippen molar-refractivity contribution in [1.82, 2.24) is 10.2 Å². The molecule has 0 bridgehead atoms. The summed E-state index contributed by atoms with van der Waals surface area (Å²) in [7, 11) is 0. The van der Waals surface area contributed by atoms with Crippen molar-refractivity contribution in [2.75, 3.05) is 18.1 Å². The Balaban J connectivity index is 2.10. The molecule has 102 valence electrons. The molecule has 1 aliphatic heterocycles. The van der Waals surface area contributed by atoms with E-state index in [0.717, 1.165) is 37.2 Å². The van der Waals surface area contributed by atoms with Gasteiger partial charge in [0.25, 0.3) is 0 Å². The maximum atomic E-state index is 12.6. The van der Waals surface area contributed by atoms with E-state index in [0.29, 0.717) is 0 Å². The summed E-state index contributed by atoms with van der Waals surface area (Å²) in [5.74, 6) is 2.10. The van der Waals surface area contributed by atoms with Crippen LogP contribution in [-0.4, -0.2) is 46.3 Å². The van der Waals surface area contributed by atoms with E-state index in [1.54, 1.807) is 4.90 Å². The van der Waals surface area contributed by atoms with E-state index in [4.69, 9.17) is 0 Å². The first-order valence-electron chi connectivity index (χ1n) is 6.79. The molecule has 0 radical (unpaired) electrons. The number of amides is 2. The average Bonchev–Trinajstić information content (AvgIpc) is 2.80. The van der Waals surface area contributed by atoms with Crippen molar-refractivity contribution in [3.63, 3.8) is 0 Å². The van der Waals surface area contributed by atoms with Gasteiger partial charge in [-0.15, -0.1) is 0 Å². The first-order valence-corrected chi connectivity index (χ1v) is 7.94. The van der Waals surface area contributed by atoms with Gasteiger partial charge in [-0.1, -0.05) is 19.8 Å². The Morgan fingerprint density at radius 3 is 2.67 bits per heavy atom. The van der Waals surface area contributed by atoms with Gasteiger partial charge in [0, 0.05) is 11.8 Å². The molecule has 1 aliphatic carbocycles. The first kappa shape index (κ1) is 13.7. The topological polar surface area (TPSA) is 49.4 Å². The van der Waals surface area contributed by atoms with Gasteiger partial charge >= 0.3 is 0 Å². The Labute approximate surface area is 113 Å². The van der Waals surface area contributed by atoms with Crippen LogP contribution in [0.5, 0.6) is 0 Å². The van der Waals surface area contributed by atoms with Crippen molar-refractivity contribution < 1.29 is 9.59 Å². The second-order valence-corrected chi connectivity index (χ2v) is 6.60. The molecule has 1 atom stereocenters. The molecule has 2 fully saturated rings. The van der Waals surface area contributed by atoms with Crippen molar-refractivity contribution in [2.24, 2.45) is 0 Å². The minimum absolute atomic E-state index is 0.00449. The standard InChI is InChI=1S/C13H22N2O2S/c1-3-18-9-10(2)15-8-11(16)14-13(12(15)17)6-4-5-7-13/h10H,3-9H2,1-2H3,(H,14,16). The summed E-state index contributed by atoms with van der Waals surface area (Å²) in [6.45, 7) is 4.38. The molecule has 1 unspecified atom stereocenters. The number of nitrogens with one attached hydrogen (secondary N) is 1. The van der Waals surface area contributed by atoms with E-state index in [9.17, 15) is 9.59 Å². The van der Waals surface area contributed by atoms with Crippen LogP contribution in [0.2, 0.25) is 0 Å². The summed E-state index contributed by atoms with van der Waals surface area (Å²) in [6, 6.07) is 0.144. The molecule has 0 aromatic rings. The van der Waals surface area contributed by atoms with Gasteiger partial charge in [0.2, 0.25) is 11.8 Å². The molecule has 2 rings (SSSR count). The summed E-state index contributed by atoms with van der Waals surface area (Å²) in [6.07, 6.45) is 3.69. The van der Waals surface area contributed by atoms with E-state index in [1.165, 1.54) is 0 Å². The largest absolute Gasteiger partial charge is 0.340 e. The Morgan fingerprint density at radius 2 is 2.06 bits per heavy atom. The number of rotatable bonds is 4. The lowest BCUT2D eigenvalue weighted by Gasteiger charge is -2.42. The molecular formula is C13H22N2O2S. The number of hydrogen-bond donors (Lipinski definition) is 1. The summed E-state index contributed by atoms with van der Waals surface area (Å²) >= 11 is 1.82. The molecule has 5 heteroatoms. The molecule has 1 saturated carbocycles. The van der Waals surface area contributed by atoms with E-state index in [2.05, 4.69) is 12.2 Å². The molecule has 4 nitrogen and oxygen atoms in total. The molecule has 1 saturated heterocycles. The van der Waals surface area contributed by atoms with Crippen LogP contribution in [0.4, 0.5) is 0 Å². The minimum atomic E-state index is -0.569. The Kier molecular flexibility index (Phi) is 4.20. The normalized spacial score (nSPS) is 24.4. The quantitative estimate of drug-likeness (QED) is 0.840. The van der Waals surface area contributed by atoms with Crippen LogP contribution in [0.3, 0.4) is 0 Å². The van der Waals surface area contributed by atoms with Crippen molar-refractivity contribution in [3.8, 4) is 0 Å². The lowest BCUT2D eigenvalue weighted by molar-refractivity contribution is -0.151. The zero-order chi connectivity index (χ0) is 13.2. The van der Waals surface area contributed by atoms with Gasteiger partial charge in [0.15, 0.2) is 0 Å². The Bertz CT molecular complexity index is 340. The second-order valence-electron chi connectivity index (χ2n) is 5.28. The fourth-order valence-electron chi connectivity index (χ4n) is 2.91. The third-order valence-corrected chi connectivity index (χ3v) is 5.04. The Hall–Kier alpha value is -0.710. The average molecular weight is 270 g/mol. The van der Waals surface area contributed by atoms with Crippen molar-refractivity contribution in [1.29, 1.82) is 0 Å². The molecular weight excluding hydrogens is 248 g/mol. The van der Waals surface area contributed by atoms with Gasteiger partial charge in [-0.25, -0.2) is 0 Å². The highest BCUT2D eigenvalue weighted by molar-refractivity contribution is 7.99. The highest BCUT2D eigenvalue weighted by atomic mass is 32.2. The highest BCUT2D eigenvalue weighted by Crippen LogP contribution is 2.34. The first-order chi connectivity index (χ1) is 8.59. The van der Waals surface area contributed by atoms with Crippen molar-refractivity contribution >= 4 is 23.6 Å². The number of hydrogen-bond acceptors (Lipinski definition) is 3. The van der Waals surface area contributed by atoms with Crippen LogP contribution in [-0.2, 0) is 9.59 Å². The maximum absolute atomic E-state index is 12.6. The van der Waals surface area contributed by atoms with Crippen LogP contribution in [0, 0.1) is 0 Å². The molecule has 2 amide bonds. The zero-order valence-corrected chi connectivity index (χ0v) is 12.0. The molecule has 1 N–H and O–H groups in total. The van der Waals surface area contributed by atoms with Crippen LogP contribution >= 0.6 is 11.8 Å². The van der Waals surface area contributed by atoms with Crippen LogP contribution in [0.25, 0.3) is 0 Å². The molecule has 2 aliphatic rings. The monoisotopic (exact) mass is 270 g/mol. The Morgan fingerprint density at radius 1 is 1.39 bits per heavy atom. The molecule has 0 aromatic heterocycles. The molecule has 1 spiro atoms. The van der Waals surface area contributed by atoms with Crippen LogP contribution < -0.4 is 5.32 Å². The SMILES string of the molecule is CCSCC(C)N1CC(=O)NC2(CCCC2)C1=O. The number of thioether (sulfide) groups is 1. The maximum Gasteiger partial charge on any atom is 0.249 e. The van der Waals surface area contributed by atoms with Gasteiger partial charge in [0.1, 0.15) is 5.54 Å². The lowest BCUT2D eigenvalue weighted by atomic mass is 9.92. The summed E-state index contributed by atoms with van der Waals surface area (Å²) in [5, 5.41) is 2.95. The second kappa shape index (κ2) is 5.51. The molecule has 0 aromatic carbocycles. The van der Waals surface area contributed by atoms with E-state index in [1.807, 2.05) is 18.7 Å². The predicted molar refractivity (Wildman–Crippen MR) is 73.5 cm³/mol. The zero-order valence-electron chi connectivity index (χ0n) is 11.2. The van der Waals surface area contributed by atoms with E-state index in [-0.39, 0.29) is 24.4 Å². The van der Waals surface area contributed by atoms with Crippen molar-refractivity contribution in [2.45, 2.75) is 51.1 Å². The molecule has 18 heavy (non-hydrogen) atoms. The van der Waals surface area contributed by atoms with Crippen LogP contribution in [0.15, 0.2) is 0 Å². The van der Waals surface area contributed by atoms with Gasteiger partial charge in [-0.2, -0.15) is 11.8 Å². The number of piperazine rings is 1. The number of carbonyl (C=O) groups excluding carboxylic acids is 2. The fraction of sp³-hybridized carbons (Fsp3) is 0.846. The summed E-state index contributed by atoms with van der Waals surface area (Å²) < 4.78 is 0.